The van der Waals surface area contributed by atoms with Crippen LogP contribution in [0.15, 0.2) is 76.1 Å². The molecule has 0 aliphatic rings. The van der Waals surface area contributed by atoms with Crippen LogP contribution >= 0.6 is 0 Å². The Labute approximate surface area is 186 Å². The van der Waals surface area contributed by atoms with Gasteiger partial charge in [0.15, 0.2) is 0 Å². The average Bonchev–Trinajstić information content (AvgIpc) is 2.80. The summed E-state index contributed by atoms with van der Waals surface area (Å²) in [6, 6.07) is 20.4. The van der Waals surface area contributed by atoms with Crippen molar-refractivity contribution in [2.75, 3.05) is 19.5 Å². The van der Waals surface area contributed by atoms with E-state index in [0.29, 0.717) is 28.3 Å². The van der Waals surface area contributed by atoms with Gasteiger partial charge in [-0.15, -0.1) is 0 Å². The molecular weight excluding hydrogens is 404 g/mol. The number of benzene rings is 3. The Morgan fingerprint density at radius 3 is 2.50 bits per heavy atom. The standard InChI is InChI=1S/C26H24N2O4/c1-16-9-11-21(17(2)13-16)27-25(29)20-14-18-7-5-6-8-23(18)32-26(20)28-22-15-19(30-3)10-12-24(22)31-4/h5-15H,1-4H3,(H,27,29). The van der Waals surface area contributed by atoms with Gasteiger partial charge in [0.2, 0.25) is 5.55 Å². The third-order valence-electron chi connectivity index (χ3n) is 5.14. The molecule has 1 aromatic heterocycles. The molecule has 6 heteroatoms. The fourth-order valence-electron chi connectivity index (χ4n) is 3.45. The number of hydrogen-bond acceptors (Lipinski definition) is 5. The summed E-state index contributed by atoms with van der Waals surface area (Å²) in [5.74, 6) is 0.841. The Morgan fingerprint density at radius 2 is 1.75 bits per heavy atom. The maximum atomic E-state index is 13.3. The fraction of sp³-hybridized carbons (Fsp3) is 0.154. The van der Waals surface area contributed by atoms with Gasteiger partial charge < -0.3 is 19.2 Å². The SMILES string of the molecule is COc1ccc(OC)c(N=c2oc3ccccc3cc2C(=O)Nc2ccc(C)cc2C)c1. The van der Waals surface area contributed by atoms with Crippen LogP contribution < -0.4 is 20.3 Å². The van der Waals surface area contributed by atoms with Gasteiger partial charge in [0.25, 0.3) is 5.91 Å². The van der Waals surface area contributed by atoms with Crippen molar-refractivity contribution in [3.63, 3.8) is 0 Å². The number of para-hydroxylation sites is 1. The van der Waals surface area contributed by atoms with Crippen LogP contribution in [-0.4, -0.2) is 20.1 Å². The van der Waals surface area contributed by atoms with Gasteiger partial charge in [-0.3, -0.25) is 4.79 Å². The number of anilines is 1. The number of aryl methyl sites for hydroxylation is 2. The van der Waals surface area contributed by atoms with Crippen molar-refractivity contribution in [2.45, 2.75) is 13.8 Å². The first-order valence-corrected chi connectivity index (χ1v) is 10.2. The van der Waals surface area contributed by atoms with Gasteiger partial charge in [0.1, 0.15) is 28.3 Å². The fourth-order valence-corrected chi connectivity index (χ4v) is 3.45. The minimum Gasteiger partial charge on any atom is -0.497 e. The van der Waals surface area contributed by atoms with Gasteiger partial charge in [-0.1, -0.05) is 35.9 Å². The summed E-state index contributed by atoms with van der Waals surface area (Å²) in [6.45, 7) is 3.97. The molecule has 0 aliphatic heterocycles. The van der Waals surface area contributed by atoms with E-state index in [1.54, 1.807) is 38.5 Å². The molecule has 0 saturated heterocycles. The third-order valence-corrected chi connectivity index (χ3v) is 5.14. The molecule has 162 valence electrons. The minimum atomic E-state index is -0.313. The summed E-state index contributed by atoms with van der Waals surface area (Å²) in [6.07, 6.45) is 0. The Morgan fingerprint density at radius 1 is 0.938 bits per heavy atom. The van der Waals surface area contributed by atoms with Gasteiger partial charge >= 0.3 is 0 Å². The molecular formula is C26H24N2O4. The normalized spacial score (nSPS) is 11.4. The molecule has 0 unspecified atom stereocenters. The van der Waals surface area contributed by atoms with Crippen molar-refractivity contribution in [1.82, 2.24) is 0 Å². The number of amides is 1. The first-order chi connectivity index (χ1) is 15.5. The smallest absolute Gasteiger partial charge is 0.261 e. The molecule has 32 heavy (non-hydrogen) atoms. The summed E-state index contributed by atoms with van der Waals surface area (Å²) in [4.78, 5) is 17.9. The maximum Gasteiger partial charge on any atom is 0.261 e. The van der Waals surface area contributed by atoms with Crippen LogP contribution in [0.5, 0.6) is 11.5 Å². The molecule has 1 amide bonds. The molecule has 0 fully saturated rings. The Hall–Kier alpha value is -4.06. The van der Waals surface area contributed by atoms with Crippen LogP contribution in [0.4, 0.5) is 11.4 Å². The van der Waals surface area contributed by atoms with E-state index < -0.39 is 0 Å². The highest BCUT2D eigenvalue weighted by atomic mass is 16.5. The first-order valence-electron chi connectivity index (χ1n) is 10.2. The molecule has 0 radical (unpaired) electrons. The van der Waals surface area contributed by atoms with E-state index in [9.17, 15) is 4.79 Å². The van der Waals surface area contributed by atoms with E-state index in [2.05, 4.69) is 10.3 Å². The zero-order valence-electron chi connectivity index (χ0n) is 18.4. The lowest BCUT2D eigenvalue weighted by atomic mass is 10.1. The van der Waals surface area contributed by atoms with E-state index in [1.807, 2.05) is 56.3 Å². The second-order valence-corrected chi connectivity index (χ2v) is 7.43. The number of methoxy groups -OCH3 is 2. The number of fused-ring (bicyclic) bond motifs is 1. The summed E-state index contributed by atoms with van der Waals surface area (Å²) in [7, 11) is 3.14. The Bertz CT molecular complexity index is 1370. The van der Waals surface area contributed by atoms with E-state index in [1.165, 1.54) is 0 Å². The number of carbonyl (C=O) groups is 1. The predicted molar refractivity (Wildman–Crippen MR) is 125 cm³/mol. The van der Waals surface area contributed by atoms with E-state index in [4.69, 9.17) is 13.9 Å². The molecule has 1 heterocycles. The molecule has 4 rings (SSSR count). The van der Waals surface area contributed by atoms with Crippen LogP contribution in [-0.2, 0) is 0 Å². The number of ether oxygens (including phenoxy) is 2. The zero-order chi connectivity index (χ0) is 22.7. The van der Waals surface area contributed by atoms with Crippen LogP contribution in [0.25, 0.3) is 11.0 Å². The van der Waals surface area contributed by atoms with Crippen LogP contribution in [0.3, 0.4) is 0 Å². The second kappa shape index (κ2) is 8.98. The van der Waals surface area contributed by atoms with Gasteiger partial charge in [0.05, 0.1) is 14.2 Å². The Kier molecular flexibility index (Phi) is 5.94. The maximum absolute atomic E-state index is 13.3. The molecule has 0 bridgehead atoms. The summed E-state index contributed by atoms with van der Waals surface area (Å²) < 4.78 is 16.8. The highest BCUT2D eigenvalue weighted by molar-refractivity contribution is 6.05. The molecule has 0 aliphatic carbocycles. The highest BCUT2D eigenvalue weighted by Crippen LogP contribution is 2.31. The quantitative estimate of drug-likeness (QED) is 0.452. The van der Waals surface area contributed by atoms with Gasteiger partial charge in [0, 0.05) is 17.1 Å². The lowest BCUT2D eigenvalue weighted by Gasteiger charge is -2.10. The highest BCUT2D eigenvalue weighted by Gasteiger charge is 2.15. The average molecular weight is 428 g/mol. The number of hydrogen-bond donors (Lipinski definition) is 1. The van der Waals surface area contributed by atoms with E-state index >= 15 is 0 Å². The largest absolute Gasteiger partial charge is 0.497 e. The van der Waals surface area contributed by atoms with Gasteiger partial charge in [-0.05, 0) is 49.7 Å². The predicted octanol–water partition coefficient (Wildman–Crippen LogP) is 5.55. The van der Waals surface area contributed by atoms with Crippen LogP contribution in [0.1, 0.15) is 21.5 Å². The lowest BCUT2D eigenvalue weighted by molar-refractivity contribution is 0.102. The molecule has 0 atom stereocenters. The van der Waals surface area contributed by atoms with Crippen molar-refractivity contribution >= 4 is 28.3 Å². The number of nitrogens with zero attached hydrogens (tertiary/aromatic N) is 1. The van der Waals surface area contributed by atoms with Crippen molar-refractivity contribution in [3.05, 3.63) is 89.0 Å². The van der Waals surface area contributed by atoms with Gasteiger partial charge in [-0.2, -0.15) is 0 Å². The molecule has 6 nitrogen and oxygen atoms in total. The van der Waals surface area contributed by atoms with Crippen molar-refractivity contribution in [2.24, 2.45) is 4.99 Å². The zero-order valence-corrected chi connectivity index (χ0v) is 18.4. The summed E-state index contributed by atoms with van der Waals surface area (Å²) >= 11 is 0. The Balaban J connectivity index is 1.88. The summed E-state index contributed by atoms with van der Waals surface area (Å²) in [5, 5.41) is 3.78. The first kappa shape index (κ1) is 21.2. The second-order valence-electron chi connectivity index (χ2n) is 7.43. The third kappa shape index (κ3) is 4.34. The molecule has 0 saturated carbocycles. The topological polar surface area (TPSA) is 73.1 Å². The number of nitrogens with one attached hydrogen (secondary N) is 1. The van der Waals surface area contributed by atoms with Crippen molar-refractivity contribution < 1.29 is 18.7 Å². The van der Waals surface area contributed by atoms with Crippen molar-refractivity contribution in [3.8, 4) is 11.5 Å². The molecule has 1 N–H and O–H groups in total. The van der Waals surface area contributed by atoms with Crippen LogP contribution in [0.2, 0.25) is 0 Å². The molecule has 3 aromatic carbocycles. The van der Waals surface area contributed by atoms with E-state index in [0.717, 1.165) is 22.2 Å². The molecule has 0 spiro atoms. The van der Waals surface area contributed by atoms with Gasteiger partial charge in [-0.25, -0.2) is 4.99 Å². The van der Waals surface area contributed by atoms with Crippen LogP contribution in [0, 0.1) is 13.8 Å². The van der Waals surface area contributed by atoms with Crippen molar-refractivity contribution in [1.29, 1.82) is 0 Å². The molecule has 4 aromatic rings. The number of carbonyl (C=O) groups excluding carboxylic acids is 1. The number of rotatable bonds is 5. The lowest BCUT2D eigenvalue weighted by Crippen LogP contribution is -2.22. The monoisotopic (exact) mass is 428 g/mol. The minimum absolute atomic E-state index is 0.178. The summed E-state index contributed by atoms with van der Waals surface area (Å²) in [5.41, 5.74) is 4.44. The van der Waals surface area contributed by atoms with E-state index in [-0.39, 0.29) is 11.5 Å².